The number of aliphatic hydroxyl groups excluding tert-OH is 1. The van der Waals surface area contributed by atoms with E-state index in [1.165, 1.54) is 65.3 Å². The van der Waals surface area contributed by atoms with Crippen molar-refractivity contribution in [3.05, 3.63) is 120 Å². The van der Waals surface area contributed by atoms with Crippen LogP contribution in [-0.4, -0.2) is 65.6 Å². The van der Waals surface area contributed by atoms with Crippen LogP contribution < -0.4 is 68.3 Å². The van der Waals surface area contributed by atoms with Crippen LogP contribution in [0.1, 0.15) is 150 Å². The number of nitrogens with two attached hydrogens (primary N) is 1. The third-order valence-corrected chi connectivity index (χ3v) is 16.8. The molecule has 0 heterocycles. The van der Waals surface area contributed by atoms with E-state index in [0.717, 1.165) is 64.9 Å². The minimum atomic E-state index is -1.57. The Bertz CT molecular complexity index is 1750. The Labute approximate surface area is 454 Å². The van der Waals surface area contributed by atoms with Crippen LogP contribution in [0.3, 0.4) is 0 Å². The summed E-state index contributed by atoms with van der Waals surface area (Å²) in [4.78, 5) is 44.1. The number of allylic oxidation sites excluding steroid dienone is 4. The largest absolute Gasteiger partial charge is 1.00 e. The van der Waals surface area contributed by atoms with Crippen molar-refractivity contribution in [1.29, 1.82) is 0 Å². The first-order valence-electron chi connectivity index (χ1n) is 25.0. The molecular formula is C56H85BrN2NaO9P. The zero-order valence-corrected chi connectivity index (χ0v) is 48.0. The molecule has 3 aliphatic carbocycles. The van der Waals surface area contributed by atoms with Crippen LogP contribution >= 0.6 is 7.26 Å². The number of carbonyl (C=O) groups is 4. The summed E-state index contributed by atoms with van der Waals surface area (Å²) in [6.07, 6.45) is 23.3. The van der Waals surface area contributed by atoms with Gasteiger partial charge in [-0.1, -0.05) is 118 Å². The van der Waals surface area contributed by atoms with E-state index in [1.54, 1.807) is 6.92 Å². The fourth-order valence-corrected chi connectivity index (χ4v) is 13.0. The topological polar surface area (TPSA) is 188 Å². The van der Waals surface area contributed by atoms with Gasteiger partial charge in [0, 0.05) is 20.0 Å². The number of hydrogen-bond donors (Lipinski definition) is 4. The number of ether oxygens (including phenoxy) is 2. The van der Waals surface area contributed by atoms with Crippen LogP contribution in [0.15, 0.2) is 114 Å². The summed E-state index contributed by atoms with van der Waals surface area (Å²) in [5, 5.41) is 27.2. The molecule has 11 nitrogen and oxygen atoms in total. The number of carbonyl (C=O) groups excluding carboxylic acids is 3. The van der Waals surface area contributed by atoms with Gasteiger partial charge >= 0.3 is 47.5 Å². The Kier molecular flexibility index (Phi) is 43.0. The molecule has 3 aromatic rings. The number of esters is 2. The number of halogens is 1. The molecule has 0 aliphatic heterocycles. The Morgan fingerprint density at radius 1 is 0.600 bits per heavy atom. The van der Waals surface area contributed by atoms with E-state index >= 15 is 0 Å². The van der Waals surface area contributed by atoms with E-state index < -0.39 is 13.2 Å². The van der Waals surface area contributed by atoms with Gasteiger partial charge in [0.25, 0.3) is 0 Å². The molecule has 0 bridgehead atoms. The molecule has 14 heteroatoms. The predicted molar refractivity (Wildman–Crippen MR) is 280 cm³/mol. The minimum absolute atomic E-state index is 0. The summed E-state index contributed by atoms with van der Waals surface area (Å²) in [5.41, 5.74) is 5.01. The molecule has 0 aromatic heterocycles. The molecule has 0 radical (unpaired) electrons. The predicted octanol–water partition coefficient (Wildman–Crippen LogP) is 5.78. The number of aliphatic hydroxyl groups is 1. The average molecular weight is 1060 g/mol. The quantitative estimate of drug-likeness (QED) is 0.0363. The summed E-state index contributed by atoms with van der Waals surface area (Å²) in [5.74, 6) is 3.60. The molecule has 3 aromatic carbocycles. The zero-order valence-electron chi connectivity index (χ0n) is 43.5. The van der Waals surface area contributed by atoms with Crippen molar-refractivity contribution in [3.63, 3.8) is 0 Å². The maximum Gasteiger partial charge on any atom is 1.00 e. The summed E-state index contributed by atoms with van der Waals surface area (Å²) in [7, 11) is -0.570. The van der Waals surface area contributed by atoms with Crippen LogP contribution in [0.5, 0.6) is 0 Å². The van der Waals surface area contributed by atoms with Gasteiger partial charge in [-0.3, -0.25) is 19.2 Å². The van der Waals surface area contributed by atoms with E-state index in [4.69, 9.17) is 24.9 Å². The number of carboxylic acids is 1. The first kappa shape index (κ1) is 69.0. The Morgan fingerprint density at radius 3 is 1.20 bits per heavy atom. The van der Waals surface area contributed by atoms with Gasteiger partial charge in [-0.2, -0.15) is 0 Å². The number of Topliss-reactive ketones (excluding diaryl/α,β-unsaturated/α-hetero) is 1. The molecule has 3 aliphatic rings. The van der Waals surface area contributed by atoms with E-state index in [2.05, 4.69) is 130 Å². The summed E-state index contributed by atoms with van der Waals surface area (Å²) < 4.78 is 9.91. The first-order valence-corrected chi connectivity index (χ1v) is 27.0. The van der Waals surface area contributed by atoms with Crippen LogP contribution in [0, 0.1) is 17.8 Å². The maximum absolute atomic E-state index is 11.5. The van der Waals surface area contributed by atoms with Gasteiger partial charge in [0.1, 0.15) is 29.0 Å². The van der Waals surface area contributed by atoms with E-state index in [-0.39, 0.29) is 82.0 Å². The monoisotopic (exact) mass is 1060 g/mol. The third kappa shape index (κ3) is 26.6. The second-order valence-electron chi connectivity index (χ2n) is 17.0. The van der Waals surface area contributed by atoms with Crippen LogP contribution in [0.25, 0.3) is 5.59 Å². The van der Waals surface area contributed by atoms with E-state index in [0.29, 0.717) is 38.9 Å². The second kappa shape index (κ2) is 43.5. The number of rotatable bonds is 15. The smallest absolute Gasteiger partial charge is 1.00 e. The number of hydrogen-bond acceptors (Lipinski definition) is 9. The standard InChI is InChI=1S/C22H24P.C13H22O2.C11H18O2.C9H14O3.CH4O.BrH.H3N2O.Na/c1-2-3-19-23(20-13-7-4-8-14-20,21-15-9-5-10-16-21)22-17-11-6-12-18-22;1-3-5-6-11-7-9-12(10-8-11)13(14)15-4-2;1-2-3-4-9-5-7-10(8-6-9)11(12)13;1-2-12-9(11)7-3-5-8(10)6-4-7;1-2;;1-2-3;/h4-18H,2-3,19H2,1H3;6,12H,3-5,7-10H2,1-2H3;4,10H,2-3,5-8H2,1H3,(H,12,13);7H,2-6H2,1H3;2H,1H3;1H;3H,1H2;/q+1;;;;;;-1;+1/p-1. The van der Waals surface area contributed by atoms with Gasteiger partial charge in [0.05, 0.1) is 37.1 Å². The Morgan fingerprint density at radius 2 is 0.914 bits per heavy atom. The molecule has 3 fully saturated rings. The first-order chi connectivity index (χ1) is 33.0. The molecule has 0 spiro atoms. The van der Waals surface area contributed by atoms with Crippen molar-refractivity contribution < 1.29 is 90.6 Å². The van der Waals surface area contributed by atoms with Crippen LogP contribution in [0.4, 0.5) is 0 Å². The summed E-state index contributed by atoms with van der Waals surface area (Å²) >= 11 is 0. The van der Waals surface area contributed by atoms with Crippen molar-refractivity contribution in [2.75, 3.05) is 26.5 Å². The van der Waals surface area contributed by atoms with Gasteiger partial charge in [-0.25, -0.2) is 0 Å². The van der Waals surface area contributed by atoms with Gasteiger partial charge < -0.3 is 53.3 Å². The molecule has 386 valence electrons. The maximum atomic E-state index is 11.5. The van der Waals surface area contributed by atoms with Gasteiger partial charge in [-0.05, 0) is 134 Å². The number of ketones is 1. The molecule has 0 unspecified atom stereocenters. The van der Waals surface area contributed by atoms with Crippen molar-refractivity contribution in [1.82, 2.24) is 0 Å². The molecule has 0 saturated heterocycles. The molecule has 0 atom stereocenters. The summed E-state index contributed by atoms with van der Waals surface area (Å²) in [6.45, 7) is 11.3. The van der Waals surface area contributed by atoms with Gasteiger partial charge in [0.2, 0.25) is 0 Å². The number of aliphatic carboxylic acids is 1. The Balaban J connectivity index is 0. The van der Waals surface area contributed by atoms with Crippen molar-refractivity contribution in [2.24, 2.45) is 23.6 Å². The molecule has 3 saturated carbocycles. The van der Waals surface area contributed by atoms with Crippen molar-refractivity contribution in [2.45, 2.75) is 150 Å². The molecule has 70 heavy (non-hydrogen) atoms. The normalized spacial score (nSPS) is 16.2. The SMILES string of the molecule is CCCC=C1CCC(C(=O)O)CC1.CCCC=C1CCC(C(=O)OCC)CC1.CCCC[P+](c1ccccc1)(c1ccccc1)c1ccccc1.CCOC(=O)C1CCC(=O)CC1.CO.N[N-]O.[Br-].[Na+]. The van der Waals surface area contributed by atoms with Gasteiger partial charge in [0.15, 0.2) is 0 Å². The molecule has 0 amide bonds. The second-order valence-corrected chi connectivity index (χ2v) is 20.6. The average Bonchev–Trinajstić information content (AvgIpc) is 3.38. The van der Waals surface area contributed by atoms with Crippen LogP contribution in [-0.2, 0) is 28.7 Å². The molecular weight excluding hydrogens is 978 g/mol. The number of carboxylic acid groups (broad SMARTS) is 1. The fourth-order valence-electron chi connectivity index (χ4n) is 8.54. The number of unbranched alkanes of at least 4 members (excludes halogenated alkanes) is 3. The van der Waals surface area contributed by atoms with Crippen molar-refractivity contribution in [3.8, 4) is 0 Å². The van der Waals surface area contributed by atoms with E-state index in [1.807, 2.05) is 12.5 Å². The van der Waals surface area contributed by atoms with Gasteiger partial charge in [-0.15, -0.1) is 0 Å². The minimum Gasteiger partial charge on any atom is -1.00 e. The third-order valence-electron chi connectivity index (χ3n) is 12.3. The molecule has 5 N–H and O–H groups in total. The van der Waals surface area contributed by atoms with Crippen LogP contribution in [0.2, 0.25) is 0 Å². The van der Waals surface area contributed by atoms with Crippen molar-refractivity contribution >= 4 is 46.9 Å². The van der Waals surface area contributed by atoms with E-state index in [9.17, 15) is 19.2 Å². The Hall–Kier alpha value is -3.03. The number of nitrogens with zero attached hydrogens (tertiary/aromatic N) is 1. The number of benzene rings is 3. The summed E-state index contributed by atoms with van der Waals surface area (Å²) in [6, 6.07) is 33.4. The fraction of sp³-hybridized carbons (Fsp3) is 0.536. The zero-order chi connectivity index (χ0) is 50.4. The molecule has 6 rings (SSSR count).